The zero-order valence-corrected chi connectivity index (χ0v) is 6.21. The lowest BCUT2D eigenvalue weighted by Gasteiger charge is -1.75. The fraction of sp³-hybridized carbons (Fsp3) is 0.200. The first-order valence-electron chi connectivity index (χ1n) is 2.25. The van der Waals surface area contributed by atoms with Crippen LogP contribution in [0.15, 0.2) is 0 Å². The molecule has 0 fully saturated rings. The number of nitrogens with zero attached hydrogens (tertiary/aromatic N) is 1. The minimum Gasteiger partial charge on any atom is -0.284 e. The molecule has 0 unspecified atom stereocenters. The summed E-state index contributed by atoms with van der Waals surface area (Å²) in [5.74, 6) is 0. The number of thiazole rings is 1. The highest BCUT2D eigenvalue weighted by molar-refractivity contribution is 7.17. The third-order valence-corrected chi connectivity index (χ3v) is 2.02. The molecule has 47 valence electrons. The Labute approximate surface area is 61.5 Å². The molecule has 0 N–H and O–H groups in total. The molecule has 0 bridgehead atoms. The number of carbonyl (C=O) groups excluding carboxylic acids is 1. The molecule has 1 rings (SSSR count). The third-order valence-electron chi connectivity index (χ3n) is 0.863. The van der Waals surface area contributed by atoms with Crippen LogP contribution in [0.2, 0.25) is 4.47 Å². The van der Waals surface area contributed by atoms with Gasteiger partial charge in [0.1, 0.15) is 4.88 Å². The van der Waals surface area contributed by atoms with Gasteiger partial charge in [-0.05, 0) is 6.92 Å². The average Bonchev–Trinajstić information content (AvgIpc) is 2.10. The van der Waals surface area contributed by atoms with Crippen LogP contribution in [0.4, 0.5) is 0 Å². The van der Waals surface area contributed by atoms with Crippen LogP contribution in [0.5, 0.6) is 0 Å². The summed E-state index contributed by atoms with van der Waals surface area (Å²) in [7, 11) is 0. The van der Waals surface area contributed by atoms with E-state index in [0.29, 0.717) is 15.0 Å². The minimum absolute atomic E-state index is 0.394. The first-order valence-corrected chi connectivity index (χ1v) is 3.44. The van der Waals surface area contributed by atoms with Crippen molar-refractivity contribution in [3.05, 3.63) is 15.0 Å². The van der Waals surface area contributed by atoms with Gasteiger partial charge in [0.05, 0.1) is 5.69 Å². The molecule has 0 atom stereocenters. The van der Waals surface area contributed by atoms with Gasteiger partial charge in [0.15, 0.2) is 4.47 Å². The lowest BCUT2D eigenvalue weighted by atomic mass is 10.4. The highest BCUT2D eigenvalue weighted by atomic mass is 35.5. The van der Waals surface area contributed by atoms with Gasteiger partial charge in [-0.15, -0.1) is 0 Å². The van der Waals surface area contributed by atoms with Crippen LogP contribution in [0.3, 0.4) is 0 Å². The van der Waals surface area contributed by atoms with Crippen molar-refractivity contribution in [2.24, 2.45) is 0 Å². The summed E-state index contributed by atoms with van der Waals surface area (Å²) in [5.41, 5.74) is 0.653. The van der Waals surface area contributed by atoms with Gasteiger partial charge in [-0.25, -0.2) is 4.98 Å². The van der Waals surface area contributed by atoms with Crippen molar-refractivity contribution in [1.29, 1.82) is 0 Å². The maximum absolute atomic E-state index is 10.0. The van der Waals surface area contributed by atoms with Crippen LogP contribution in [0, 0.1) is 6.92 Å². The zero-order valence-electron chi connectivity index (χ0n) is 4.64. The second kappa shape index (κ2) is 2.45. The monoisotopic (exact) mass is 160 g/mol. The molecule has 0 aliphatic rings. The maximum Gasteiger partial charge on any atom is 0.246 e. The van der Waals surface area contributed by atoms with Crippen LogP contribution < -0.4 is 0 Å². The van der Waals surface area contributed by atoms with Gasteiger partial charge in [-0.2, -0.15) is 0 Å². The number of hydrogen-bond acceptors (Lipinski definition) is 3. The molecule has 0 amide bonds. The SMILES string of the molecule is Cc1nc(Cl)sc1[C]=O. The molecular weight excluding hydrogens is 158 g/mol. The summed E-state index contributed by atoms with van der Waals surface area (Å²) in [6.07, 6.45) is 1.74. The Morgan fingerprint density at radius 3 is 2.67 bits per heavy atom. The van der Waals surface area contributed by atoms with Crippen molar-refractivity contribution in [1.82, 2.24) is 4.98 Å². The lowest BCUT2D eigenvalue weighted by Crippen LogP contribution is -1.76. The third kappa shape index (κ3) is 1.28. The summed E-state index contributed by atoms with van der Waals surface area (Å²) >= 11 is 6.62. The molecule has 1 aromatic rings. The summed E-state index contributed by atoms with van der Waals surface area (Å²) in [6.45, 7) is 1.72. The molecule has 1 radical (unpaired) electrons. The fourth-order valence-corrected chi connectivity index (χ4v) is 1.40. The standard InChI is InChI=1S/C5H3ClNOS/c1-3-4(2-8)9-5(6)7-3/h1H3. The van der Waals surface area contributed by atoms with Crippen molar-refractivity contribution in [2.45, 2.75) is 6.92 Å². The quantitative estimate of drug-likeness (QED) is 0.624. The van der Waals surface area contributed by atoms with E-state index in [9.17, 15) is 4.79 Å². The van der Waals surface area contributed by atoms with Crippen molar-refractivity contribution in [3.63, 3.8) is 0 Å². The van der Waals surface area contributed by atoms with Crippen molar-refractivity contribution >= 4 is 29.2 Å². The molecule has 4 heteroatoms. The Kier molecular flexibility index (Phi) is 1.83. The minimum atomic E-state index is 0.394. The molecule has 9 heavy (non-hydrogen) atoms. The summed E-state index contributed by atoms with van der Waals surface area (Å²) < 4.78 is 0.394. The van der Waals surface area contributed by atoms with Crippen molar-refractivity contribution < 1.29 is 4.79 Å². The Balaban J connectivity index is 3.15. The Bertz CT molecular complexity index is 233. The average molecular weight is 161 g/mol. The normalized spacial score (nSPS) is 9.56. The van der Waals surface area contributed by atoms with Crippen molar-refractivity contribution in [2.75, 3.05) is 0 Å². The van der Waals surface area contributed by atoms with Crippen LogP contribution in [0.25, 0.3) is 0 Å². The smallest absolute Gasteiger partial charge is 0.246 e. The van der Waals surface area contributed by atoms with E-state index >= 15 is 0 Å². The molecule has 0 aliphatic carbocycles. The summed E-state index contributed by atoms with van der Waals surface area (Å²) in [6, 6.07) is 0. The van der Waals surface area contributed by atoms with E-state index in [-0.39, 0.29) is 0 Å². The number of rotatable bonds is 1. The number of aryl methyl sites for hydroxylation is 1. The topological polar surface area (TPSA) is 30.0 Å². The van der Waals surface area contributed by atoms with Gasteiger partial charge in [-0.1, -0.05) is 22.9 Å². The largest absolute Gasteiger partial charge is 0.284 e. The predicted octanol–water partition coefficient (Wildman–Crippen LogP) is 1.56. The number of hydrogen-bond donors (Lipinski definition) is 0. The van der Waals surface area contributed by atoms with Gasteiger partial charge < -0.3 is 0 Å². The van der Waals surface area contributed by atoms with E-state index in [1.807, 2.05) is 0 Å². The van der Waals surface area contributed by atoms with E-state index in [2.05, 4.69) is 4.98 Å². The molecule has 0 saturated heterocycles. The van der Waals surface area contributed by atoms with E-state index < -0.39 is 0 Å². The highest BCUT2D eigenvalue weighted by Gasteiger charge is 2.03. The molecule has 0 spiro atoms. The van der Waals surface area contributed by atoms with Gasteiger partial charge in [0, 0.05) is 0 Å². The molecule has 0 aliphatic heterocycles. The van der Waals surface area contributed by atoms with Crippen LogP contribution in [-0.2, 0) is 4.79 Å². The van der Waals surface area contributed by atoms with Crippen LogP contribution >= 0.6 is 22.9 Å². The first kappa shape index (κ1) is 6.71. The van der Waals surface area contributed by atoms with Gasteiger partial charge >= 0.3 is 0 Å². The van der Waals surface area contributed by atoms with Crippen LogP contribution in [-0.4, -0.2) is 11.3 Å². The van der Waals surface area contributed by atoms with Gasteiger partial charge in [0.25, 0.3) is 0 Å². The van der Waals surface area contributed by atoms with Crippen molar-refractivity contribution in [3.8, 4) is 0 Å². The Morgan fingerprint density at radius 2 is 2.44 bits per heavy atom. The zero-order chi connectivity index (χ0) is 6.85. The highest BCUT2D eigenvalue weighted by Crippen LogP contribution is 2.19. The summed E-state index contributed by atoms with van der Waals surface area (Å²) in [4.78, 5) is 14.3. The van der Waals surface area contributed by atoms with E-state index in [1.54, 1.807) is 13.2 Å². The Hall–Kier alpha value is -0.410. The van der Waals surface area contributed by atoms with Crippen LogP contribution in [0.1, 0.15) is 10.6 Å². The second-order valence-corrected chi connectivity index (χ2v) is 3.06. The lowest BCUT2D eigenvalue weighted by molar-refractivity contribution is 0.563. The summed E-state index contributed by atoms with van der Waals surface area (Å²) in [5, 5.41) is 0. The molecular formula is C5H3ClNOS. The predicted molar refractivity (Wildman–Crippen MR) is 36.7 cm³/mol. The van der Waals surface area contributed by atoms with Gasteiger partial charge in [0.2, 0.25) is 6.29 Å². The second-order valence-electron chi connectivity index (χ2n) is 1.48. The molecule has 0 aromatic carbocycles. The van der Waals surface area contributed by atoms with E-state index in [0.717, 1.165) is 11.3 Å². The Morgan fingerprint density at radius 1 is 1.78 bits per heavy atom. The number of aromatic nitrogens is 1. The molecule has 1 aromatic heterocycles. The fourth-order valence-electron chi connectivity index (χ4n) is 0.458. The molecule has 2 nitrogen and oxygen atoms in total. The molecule has 1 heterocycles. The van der Waals surface area contributed by atoms with Gasteiger partial charge in [-0.3, -0.25) is 4.79 Å². The molecule has 0 saturated carbocycles. The van der Waals surface area contributed by atoms with E-state index in [4.69, 9.17) is 11.6 Å². The maximum atomic E-state index is 10.0. The first-order chi connectivity index (χ1) is 4.24. The number of halogens is 1. The van der Waals surface area contributed by atoms with E-state index in [1.165, 1.54) is 0 Å².